The van der Waals surface area contributed by atoms with Gasteiger partial charge < -0.3 is 14.8 Å². The van der Waals surface area contributed by atoms with Gasteiger partial charge in [-0.2, -0.15) is 0 Å². The summed E-state index contributed by atoms with van der Waals surface area (Å²) in [6, 6.07) is 12.7. The van der Waals surface area contributed by atoms with Crippen molar-refractivity contribution in [1.29, 1.82) is 0 Å². The number of aromatic amines is 1. The molecule has 2 N–H and O–H groups in total. The van der Waals surface area contributed by atoms with Crippen molar-refractivity contribution in [3.8, 4) is 23.8 Å². The molecule has 1 heterocycles. The Morgan fingerprint density at radius 3 is 2.63 bits per heavy atom. The Labute approximate surface area is 163 Å². The Hall–Kier alpha value is -2.97. The fraction of sp³-hybridized carbons (Fsp3) is 0.136. The molecule has 3 aromatic carbocycles. The number of pyridine rings is 1. The zero-order valence-electron chi connectivity index (χ0n) is 14.8. The summed E-state index contributed by atoms with van der Waals surface area (Å²) in [5.41, 5.74) is 0.120. The Morgan fingerprint density at radius 1 is 1.11 bits per heavy atom. The first-order valence-electron chi connectivity index (χ1n) is 8.37. The number of rotatable bonds is 2. The minimum atomic E-state index is -0.832. The van der Waals surface area contributed by atoms with Crippen LogP contribution in [0.15, 0.2) is 51.7 Å². The number of hydrogen-bond donors (Lipinski definition) is 2. The molecule has 0 saturated carbocycles. The number of aromatic nitrogens is 1. The molecule has 134 valence electrons. The van der Waals surface area contributed by atoms with Gasteiger partial charge in [0.15, 0.2) is 5.60 Å². The second-order valence-corrected chi connectivity index (χ2v) is 7.85. The molecule has 0 spiro atoms. The van der Waals surface area contributed by atoms with E-state index in [1.54, 1.807) is 19.9 Å². The highest BCUT2D eigenvalue weighted by atomic mass is 79.9. The van der Waals surface area contributed by atoms with Gasteiger partial charge in [0.2, 0.25) is 5.43 Å². The van der Waals surface area contributed by atoms with E-state index in [4.69, 9.17) is 11.2 Å². The van der Waals surface area contributed by atoms with Crippen LogP contribution in [0.5, 0.6) is 11.5 Å². The maximum Gasteiger partial charge on any atom is 0.201 e. The molecule has 0 atom stereocenters. The van der Waals surface area contributed by atoms with E-state index in [0.717, 1.165) is 15.2 Å². The van der Waals surface area contributed by atoms with Crippen molar-refractivity contribution in [3.63, 3.8) is 0 Å². The van der Waals surface area contributed by atoms with E-state index in [9.17, 15) is 9.90 Å². The van der Waals surface area contributed by atoms with Crippen LogP contribution in [-0.2, 0) is 0 Å². The lowest BCUT2D eigenvalue weighted by Gasteiger charge is -2.20. The molecule has 4 rings (SSSR count). The predicted molar refractivity (Wildman–Crippen MR) is 112 cm³/mol. The number of aromatic hydroxyl groups is 1. The summed E-state index contributed by atoms with van der Waals surface area (Å²) in [7, 11) is 0. The first kappa shape index (κ1) is 17.4. The number of hydrogen-bond acceptors (Lipinski definition) is 3. The number of phenols is 1. The van der Waals surface area contributed by atoms with Gasteiger partial charge in [-0.1, -0.05) is 34.0 Å². The Kier molecular flexibility index (Phi) is 3.90. The average molecular weight is 422 g/mol. The number of phenolic OH excluding ortho intramolecular Hbond substituents is 1. The van der Waals surface area contributed by atoms with Gasteiger partial charge in [0.25, 0.3) is 0 Å². The van der Waals surface area contributed by atoms with E-state index < -0.39 is 5.60 Å². The van der Waals surface area contributed by atoms with Crippen molar-refractivity contribution < 1.29 is 9.84 Å². The lowest BCUT2D eigenvalue weighted by atomic mass is 10.0. The number of ether oxygens (including phenoxy) is 1. The predicted octanol–water partition coefficient (Wildman–Crippen LogP) is 5.09. The van der Waals surface area contributed by atoms with E-state index >= 15 is 0 Å². The highest BCUT2D eigenvalue weighted by Gasteiger charge is 2.19. The number of nitrogens with one attached hydrogen (secondary N) is 1. The van der Waals surface area contributed by atoms with Crippen LogP contribution in [0.3, 0.4) is 0 Å². The van der Waals surface area contributed by atoms with Crippen LogP contribution in [0.4, 0.5) is 0 Å². The van der Waals surface area contributed by atoms with Gasteiger partial charge in [0, 0.05) is 16.6 Å². The third-order valence-corrected chi connectivity index (χ3v) is 5.01. The zero-order valence-corrected chi connectivity index (χ0v) is 16.3. The summed E-state index contributed by atoms with van der Waals surface area (Å²) in [6.07, 6.45) is 5.47. The van der Waals surface area contributed by atoms with Gasteiger partial charge in [0.1, 0.15) is 11.5 Å². The molecule has 0 fully saturated rings. The van der Waals surface area contributed by atoms with Crippen molar-refractivity contribution in [2.24, 2.45) is 0 Å². The Morgan fingerprint density at radius 2 is 1.89 bits per heavy atom. The zero-order chi connectivity index (χ0) is 19.3. The summed E-state index contributed by atoms with van der Waals surface area (Å²) in [6.45, 7) is 3.50. The molecular formula is C22H16BrNO3. The van der Waals surface area contributed by atoms with E-state index in [1.807, 2.05) is 30.3 Å². The van der Waals surface area contributed by atoms with Gasteiger partial charge in [0.05, 0.1) is 21.8 Å². The number of halogens is 1. The molecule has 0 unspecified atom stereocenters. The quantitative estimate of drug-likeness (QED) is 0.269. The van der Waals surface area contributed by atoms with E-state index in [2.05, 4.69) is 26.8 Å². The minimum absolute atomic E-state index is 0.146. The van der Waals surface area contributed by atoms with Gasteiger partial charge >= 0.3 is 0 Å². The second-order valence-electron chi connectivity index (χ2n) is 6.93. The second kappa shape index (κ2) is 6.04. The number of H-pyrrole nitrogens is 1. The molecule has 0 aliphatic carbocycles. The highest BCUT2D eigenvalue weighted by Crippen LogP contribution is 2.32. The average Bonchev–Trinajstić information content (AvgIpc) is 2.60. The normalized spacial score (nSPS) is 11.8. The van der Waals surface area contributed by atoms with Gasteiger partial charge in [-0.15, -0.1) is 6.42 Å². The summed E-state index contributed by atoms with van der Waals surface area (Å²) in [5, 5.41) is 13.1. The molecule has 0 saturated heterocycles. The van der Waals surface area contributed by atoms with Crippen LogP contribution in [0, 0.1) is 12.3 Å². The van der Waals surface area contributed by atoms with Crippen LogP contribution in [0.25, 0.3) is 32.6 Å². The molecule has 0 radical (unpaired) electrons. The fourth-order valence-electron chi connectivity index (χ4n) is 3.24. The molecule has 4 aromatic rings. The first-order chi connectivity index (χ1) is 12.8. The van der Waals surface area contributed by atoms with Gasteiger partial charge in [-0.3, -0.25) is 4.79 Å². The summed E-state index contributed by atoms with van der Waals surface area (Å²) < 4.78 is 6.69. The molecule has 0 aliphatic rings. The van der Waals surface area contributed by atoms with E-state index in [1.165, 1.54) is 6.07 Å². The third kappa shape index (κ3) is 2.92. The van der Waals surface area contributed by atoms with Crippen molar-refractivity contribution >= 4 is 48.5 Å². The van der Waals surface area contributed by atoms with Crippen molar-refractivity contribution in [1.82, 2.24) is 4.98 Å². The van der Waals surface area contributed by atoms with Crippen molar-refractivity contribution in [3.05, 3.63) is 57.2 Å². The van der Waals surface area contributed by atoms with Crippen LogP contribution < -0.4 is 10.2 Å². The van der Waals surface area contributed by atoms with Crippen molar-refractivity contribution in [2.75, 3.05) is 0 Å². The molecular weight excluding hydrogens is 406 g/mol. The first-order valence-corrected chi connectivity index (χ1v) is 9.16. The molecule has 1 aromatic heterocycles. The summed E-state index contributed by atoms with van der Waals surface area (Å²) >= 11 is 3.45. The Balaban J connectivity index is 2.05. The largest absolute Gasteiger partial charge is 0.507 e. The van der Waals surface area contributed by atoms with E-state index in [-0.39, 0.29) is 16.6 Å². The highest BCUT2D eigenvalue weighted by molar-refractivity contribution is 9.10. The maximum absolute atomic E-state index is 13.2. The lowest BCUT2D eigenvalue weighted by molar-refractivity contribution is 0.172. The number of terminal acetylenes is 1. The lowest BCUT2D eigenvalue weighted by Crippen LogP contribution is -2.25. The molecule has 27 heavy (non-hydrogen) atoms. The molecule has 5 heteroatoms. The summed E-state index contributed by atoms with van der Waals surface area (Å²) in [5.74, 6) is 2.79. The van der Waals surface area contributed by atoms with Crippen molar-refractivity contribution in [2.45, 2.75) is 19.4 Å². The molecule has 4 nitrogen and oxygen atoms in total. The maximum atomic E-state index is 13.2. The number of fused-ring (bicyclic) bond motifs is 4. The topological polar surface area (TPSA) is 62.3 Å². The van der Waals surface area contributed by atoms with Crippen LogP contribution in [-0.4, -0.2) is 15.7 Å². The molecule has 0 bridgehead atoms. The van der Waals surface area contributed by atoms with Gasteiger partial charge in [-0.25, -0.2) is 0 Å². The minimum Gasteiger partial charge on any atom is -0.507 e. The van der Waals surface area contributed by atoms with Crippen LogP contribution in [0.2, 0.25) is 0 Å². The smallest absolute Gasteiger partial charge is 0.201 e. The van der Waals surface area contributed by atoms with E-state index in [0.29, 0.717) is 22.2 Å². The molecule has 0 amide bonds. The SMILES string of the molecule is C#CC(C)(C)Oc1cc(O)c2c(=O)c3c(ccc4cc(Br)ccc43)[nH]c2c1. The standard InChI is InChI=1S/C22H16BrNO3/c1-4-22(2,3)27-14-10-17-20(18(25)11-14)21(26)19-15-7-6-13(23)9-12(15)5-8-16(19)24-17/h1,5-11,25H,2-3H3,(H,24,26). The van der Waals surface area contributed by atoms with Gasteiger partial charge in [-0.05, 0) is 42.8 Å². The Bertz CT molecular complexity index is 1330. The number of benzene rings is 3. The fourth-order valence-corrected chi connectivity index (χ4v) is 3.62. The van der Waals surface area contributed by atoms with Crippen LogP contribution in [0.1, 0.15) is 13.8 Å². The van der Waals surface area contributed by atoms with Crippen LogP contribution >= 0.6 is 15.9 Å². The summed E-state index contributed by atoms with van der Waals surface area (Å²) in [4.78, 5) is 16.4. The third-order valence-electron chi connectivity index (χ3n) is 4.52. The monoisotopic (exact) mass is 421 g/mol. The molecule has 0 aliphatic heterocycles.